The molecule has 1 heterocycles. The third-order valence-corrected chi connectivity index (χ3v) is 5.11. The summed E-state index contributed by atoms with van der Waals surface area (Å²) in [6.07, 6.45) is 0.646. The van der Waals surface area contributed by atoms with Crippen molar-refractivity contribution in [3.8, 4) is 11.1 Å². The number of hydrogen-bond acceptors (Lipinski definition) is 3. The molecule has 1 amide bonds. The fourth-order valence-electron chi connectivity index (χ4n) is 3.92. The van der Waals surface area contributed by atoms with Crippen LogP contribution in [0.5, 0.6) is 0 Å². The van der Waals surface area contributed by atoms with Gasteiger partial charge in [-0.2, -0.15) is 0 Å². The van der Waals surface area contributed by atoms with Crippen molar-refractivity contribution in [2.45, 2.75) is 24.8 Å². The first-order chi connectivity index (χ1) is 12.2. The molecule has 0 aromatic heterocycles. The molecule has 2 aliphatic rings. The minimum absolute atomic E-state index is 0.0118. The van der Waals surface area contributed by atoms with E-state index in [1.54, 1.807) is 0 Å². The van der Waals surface area contributed by atoms with Gasteiger partial charge in [-0.3, -0.25) is 4.90 Å². The van der Waals surface area contributed by atoms with E-state index in [-0.39, 0.29) is 12.5 Å². The molecular weight excluding hydrogens is 320 g/mol. The largest absolute Gasteiger partial charge is 0.480 e. The summed E-state index contributed by atoms with van der Waals surface area (Å²) in [5.74, 6) is -0.978. The summed E-state index contributed by atoms with van der Waals surface area (Å²) in [7, 11) is 0. The molecular formula is C20H19NO4. The van der Waals surface area contributed by atoms with Crippen molar-refractivity contribution < 1.29 is 19.4 Å². The van der Waals surface area contributed by atoms with Gasteiger partial charge in [0.05, 0.1) is 0 Å². The average molecular weight is 339 g/mol. The maximum absolute atomic E-state index is 12.4. The number of amides is 1. The Morgan fingerprint density at radius 1 is 1.04 bits per heavy atom. The summed E-state index contributed by atoms with van der Waals surface area (Å²) in [6.45, 7) is 0.656. The standard InChI is InChI=1S/C20H19NO4/c22-19(23)18-10-5-11-21(18)20(24)25-12-17-15-8-3-1-6-13(15)14-7-2-4-9-16(14)17/h1-4,6-9,17-18H,5,10-12H2,(H,22,23)/i18+1,19+1,21+0. The predicted octanol–water partition coefficient (Wildman–Crippen LogP) is 3.48. The fraction of sp³-hybridized carbons (Fsp3) is 0.300. The molecule has 0 radical (unpaired) electrons. The SMILES string of the molecule is O=C(OCC1c2ccccc2-c2ccccc21)[14N]1CCC[13CH]1[13C](=O)O. The molecule has 0 spiro atoms. The molecule has 1 aliphatic carbocycles. The van der Waals surface area contributed by atoms with Gasteiger partial charge in [-0.15, -0.1) is 0 Å². The van der Waals surface area contributed by atoms with Crippen LogP contribution in [-0.2, 0) is 9.53 Å². The predicted molar refractivity (Wildman–Crippen MR) is 92.4 cm³/mol. The Morgan fingerprint density at radius 3 is 2.24 bits per heavy atom. The van der Waals surface area contributed by atoms with Gasteiger partial charge in [0.1, 0.15) is 12.6 Å². The van der Waals surface area contributed by atoms with Gasteiger partial charge in [0.2, 0.25) is 0 Å². The van der Waals surface area contributed by atoms with Crippen LogP contribution < -0.4 is 0 Å². The number of fused-ring (bicyclic) bond motifs is 3. The smallest absolute Gasteiger partial charge is 0.410 e. The van der Waals surface area contributed by atoms with Crippen molar-refractivity contribution in [2.75, 3.05) is 13.2 Å². The molecule has 1 saturated heterocycles. The quantitative estimate of drug-likeness (QED) is 0.870. The van der Waals surface area contributed by atoms with E-state index < -0.39 is 18.1 Å². The van der Waals surface area contributed by atoms with E-state index in [1.165, 1.54) is 16.0 Å². The van der Waals surface area contributed by atoms with Crippen LogP contribution in [0.2, 0.25) is 0 Å². The van der Waals surface area contributed by atoms with E-state index in [2.05, 4.69) is 24.3 Å². The molecule has 1 aliphatic heterocycles. The Morgan fingerprint density at radius 2 is 1.64 bits per heavy atom. The van der Waals surface area contributed by atoms with Crippen LogP contribution in [0.3, 0.4) is 0 Å². The van der Waals surface area contributed by atoms with E-state index in [9.17, 15) is 14.7 Å². The van der Waals surface area contributed by atoms with E-state index in [1.807, 2.05) is 24.3 Å². The summed E-state index contributed by atoms with van der Waals surface area (Å²) in [5, 5.41) is 9.22. The van der Waals surface area contributed by atoms with Crippen LogP contribution in [0.4, 0.5) is 4.79 Å². The zero-order valence-electron chi connectivity index (χ0n) is 13.7. The minimum Gasteiger partial charge on any atom is -0.480 e. The number of benzene rings is 2. The minimum atomic E-state index is -0.967. The molecule has 128 valence electrons. The summed E-state index contributed by atoms with van der Waals surface area (Å²) >= 11 is 0. The van der Waals surface area contributed by atoms with Gasteiger partial charge in [0.25, 0.3) is 0 Å². The van der Waals surface area contributed by atoms with Crippen molar-refractivity contribution >= 4 is 12.1 Å². The first kappa shape index (κ1) is 15.7. The monoisotopic (exact) mass is 339 g/mol. The molecule has 5 nitrogen and oxygen atoms in total. The van der Waals surface area contributed by atoms with Crippen molar-refractivity contribution in [1.82, 2.24) is 4.90 Å². The summed E-state index contributed by atoms with van der Waals surface area (Å²) in [5.41, 5.74) is 4.63. The van der Waals surface area contributed by atoms with Crippen LogP contribution in [0.1, 0.15) is 29.9 Å². The van der Waals surface area contributed by atoms with Gasteiger partial charge < -0.3 is 9.84 Å². The molecule has 0 saturated carbocycles. The first-order valence-electron chi connectivity index (χ1n) is 8.51. The van der Waals surface area contributed by atoms with E-state index in [4.69, 9.17) is 4.74 Å². The van der Waals surface area contributed by atoms with Gasteiger partial charge in [0, 0.05) is 12.5 Å². The highest BCUT2D eigenvalue weighted by Gasteiger charge is 2.36. The molecule has 1 atom stereocenters. The normalized spacial score (nSPS) is 18.7. The number of nitrogens with zero attached hydrogens (tertiary/aromatic N) is 1. The lowest BCUT2D eigenvalue weighted by molar-refractivity contribution is -0.141. The number of carbonyl (C=O) groups excluding carboxylic acids is 1. The number of carboxylic acid groups (broad SMARTS) is 1. The lowest BCUT2D eigenvalue weighted by Crippen LogP contribution is -2.41. The number of aliphatic carboxylic acids is 1. The Labute approximate surface area is 145 Å². The van der Waals surface area contributed by atoms with Crippen molar-refractivity contribution in [3.05, 3.63) is 59.7 Å². The van der Waals surface area contributed by atoms with Gasteiger partial charge in [-0.25, -0.2) is 9.59 Å². The van der Waals surface area contributed by atoms with E-state index in [0.29, 0.717) is 19.4 Å². The lowest BCUT2D eigenvalue weighted by atomic mass is 9.98. The number of carboxylic acids is 1. The summed E-state index contributed by atoms with van der Waals surface area (Å²) in [6, 6.07) is 15.5. The Bertz CT molecular complexity index is 786. The molecule has 0 bridgehead atoms. The van der Waals surface area contributed by atoms with Crippen LogP contribution in [0, 0.1) is 0 Å². The third kappa shape index (κ3) is 2.65. The van der Waals surface area contributed by atoms with Crippen molar-refractivity contribution in [3.63, 3.8) is 0 Å². The third-order valence-electron chi connectivity index (χ3n) is 5.11. The van der Waals surface area contributed by atoms with Crippen molar-refractivity contribution in [1.29, 1.82) is 0 Å². The molecule has 1 unspecified atom stereocenters. The fourth-order valence-corrected chi connectivity index (χ4v) is 3.92. The number of ether oxygens (including phenoxy) is 1. The van der Waals surface area contributed by atoms with Crippen molar-refractivity contribution in [2.24, 2.45) is 0 Å². The van der Waals surface area contributed by atoms with Gasteiger partial charge in [-0.05, 0) is 35.1 Å². The van der Waals surface area contributed by atoms with Crippen LogP contribution in [-0.4, -0.2) is 41.3 Å². The second-order valence-electron chi connectivity index (χ2n) is 6.49. The average Bonchev–Trinajstić information content (AvgIpc) is 3.23. The molecule has 25 heavy (non-hydrogen) atoms. The Kier molecular flexibility index (Phi) is 3.92. The molecule has 2 aromatic carbocycles. The van der Waals surface area contributed by atoms with Crippen LogP contribution in [0.15, 0.2) is 48.5 Å². The zero-order valence-corrected chi connectivity index (χ0v) is 13.7. The highest BCUT2D eigenvalue weighted by Crippen LogP contribution is 2.44. The second-order valence-corrected chi connectivity index (χ2v) is 6.49. The van der Waals surface area contributed by atoms with Crippen LogP contribution >= 0.6 is 0 Å². The van der Waals surface area contributed by atoms with E-state index >= 15 is 0 Å². The first-order valence-corrected chi connectivity index (χ1v) is 8.51. The van der Waals surface area contributed by atoms with Gasteiger partial charge in [0.15, 0.2) is 0 Å². The summed E-state index contributed by atoms with van der Waals surface area (Å²) < 4.78 is 5.53. The van der Waals surface area contributed by atoms with Gasteiger partial charge in [-0.1, -0.05) is 48.5 Å². The van der Waals surface area contributed by atoms with E-state index in [0.717, 1.165) is 11.1 Å². The summed E-state index contributed by atoms with van der Waals surface area (Å²) in [4.78, 5) is 25.0. The second kappa shape index (κ2) is 6.24. The highest BCUT2D eigenvalue weighted by atomic mass is 16.6. The number of likely N-dealkylation sites (tertiary alicyclic amines) is 1. The maximum Gasteiger partial charge on any atom is 0.410 e. The lowest BCUT2D eigenvalue weighted by Gasteiger charge is -2.22. The van der Waals surface area contributed by atoms with Gasteiger partial charge >= 0.3 is 12.1 Å². The topological polar surface area (TPSA) is 66.8 Å². The number of carbonyl (C=O) groups is 2. The number of rotatable bonds is 3. The highest BCUT2D eigenvalue weighted by molar-refractivity contribution is 5.81. The molecule has 4 rings (SSSR count). The zero-order chi connectivity index (χ0) is 17.4. The Hall–Kier alpha value is -2.82. The maximum atomic E-state index is 12.4. The molecule has 2 aromatic rings. The molecule has 5 heteroatoms. The van der Waals surface area contributed by atoms with Crippen LogP contribution in [0.25, 0.3) is 11.1 Å². The Balaban J connectivity index is 1.53. The molecule has 1 N–H and O–H groups in total. The number of hydrogen-bond donors (Lipinski definition) is 1. The molecule has 1 fully saturated rings.